The van der Waals surface area contributed by atoms with Crippen LogP contribution in [0.25, 0.3) is 0 Å². The fourth-order valence-corrected chi connectivity index (χ4v) is 5.66. The molecule has 8 nitrogen and oxygen atoms in total. The van der Waals surface area contributed by atoms with Crippen molar-refractivity contribution in [3.05, 3.63) is 0 Å². The van der Waals surface area contributed by atoms with Gasteiger partial charge in [-0.25, -0.2) is 4.79 Å². The Morgan fingerprint density at radius 3 is 2.00 bits per heavy atom. The summed E-state index contributed by atoms with van der Waals surface area (Å²) in [6.45, 7) is 18.7. The fourth-order valence-electron chi connectivity index (χ4n) is 4.57. The molecule has 2 aliphatic heterocycles. The third-order valence-corrected chi connectivity index (χ3v) is 11.9. The quantitative estimate of drug-likeness (QED) is 0.223. The normalized spacial score (nSPS) is 22.9. The molecule has 0 aromatic carbocycles. The van der Waals surface area contributed by atoms with E-state index in [1.807, 2.05) is 25.7 Å². The van der Waals surface area contributed by atoms with Crippen LogP contribution in [0.3, 0.4) is 0 Å². The van der Waals surface area contributed by atoms with Crippen LogP contribution in [0.2, 0.25) is 18.1 Å². The highest BCUT2D eigenvalue weighted by Gasteiger charge is 2.50. The van der Waals surface area contributed by atoms with Crippen molar-refractivity contribution in [1.82, 2.24) is 4.90 Å². The largest absolute Gasteiger partial charge is 0.469 e. The summed E-state index contributed by atoms with van der Waals surface area (Å²) in [6.07, 6.45) is 4.06. The van der Waals surface area contributed by atoms with Gasteiger partial charge in [0.2, 0.25) is 0 Å². The summed E-state index contributed by atoms with van der Waals surface area (Å²) < 4.78 is 29.3. The molecule has 0 aromatic rings. The topological polar surface area (TPSA) is 83.5 Å². The maximum Gasteiger partial charge on any atom is 0.410 e. The Kier molecular flexibility index (Phi) is 10.2. The molecule has 2 aliphatic rings. The molecule has 2 heterocycles. The monoisotopic (exact) mass is 515 g/mol. The van der Waals surface area contributed by atoms with Gasteiger partial charge in [-0.1, -0.05) is 20.8 Å². The smallest absolute Gasteiger partial charge is 0.410 e. The molecular weight excluding hydrogens is 466 g/mol. The molecule has 9 heteroatoms. The Morgan fingerprint density at radius 1 is 0.971 bits per heavy atom. The van der Waals surface area contributed by atoms with Gasteiger partial charge < -0.3 is 28.3 Å². The van der Waals surface area contributed by atoms with Gasteiger partial charge in [0.25, 0.3) is 0 Å². The highest BCUT2D eigenvalue weighted by molar-refractivity contribution is 6.74. The van der Waals surface area contributed by atoms with E-state index in [2.05, 4.69) is 33.9 Å². The molecule has 2 atom stereocenters. The SMILES string of the molecule is COC(=O)CCCC1CC2(CC(CCCO[Si](C)(C)C(C)(C)C)N1C(=O)OC(C)(C)C)OCCO2. The summed E-state index contributed by atoms with van der Waals surface area (Å²) in [5.41, 5.74) is -0.598. The van der Waals surface area contributed by atoms with Crippen molar-refractivity contribution in [2.75, 3.05) is 26.9 Å². The zero-order valence-corrected chi connectivity index (χ0v) is 24.5. The lowest BCUT2D eigenvalue weighted by Crippen LogP contribution is -2.59. The van der Waals surface area contributed by atoms with Gasteiger partial charge >= 0.3 is 12.1 Å². The Bertz CT molecular complexity index is 707. The summed E-state index contributed by atoms with van der Waals surface area (Å²) in [6, 6.07) is -0.240. The van der Waals surface area contributed by atoms with E-state index in [1.165, 1.54) is 7.11 Å². The average Bonchev–Trinajstić information content (AvgIpc) is 3.16. The number of nitrogens with zero attached hydrogens (tertiary/aromatic N) is 1. The second kappa shape index (κ2) is 11.9. The predicted molar refractivity (Wildman–Crippen MR) is 138 cm³/mol. The first-order valence-electron chi connectivity index (χ1n) is 13.1. The number of hydrogen-bond donors (Lipinski definition) is 0. The number of amides is 1. The minimum atomic E-state index is -1.84. The molecule has 0 radical (unpaired) electrons. The summed E-state index contributed by atoms with van der Waals surface area (Å²) in [7, 11) is -0.442. The van der Waals surface area contributed by atoms with Crippen LogP contribution in [0.1, 0.15) is 86.5 Å². The molecule has 2 saturated heterocycles. The fraction of sp³-hybridized carbons (Fsp3) is 0.923. The Balaban J connectivity index is 2.18. The van der Waals surface area contributed by atoms with E-state index in [0.717, 1.165) is 12.8 Å². The molecule has 35 heavy (non-hydrogen) atoms. The van der Waals surface area contributed by atoms with Crippen LogP contribution in [0.4, 0.5) is 4.79 Å². The molecule has 0 aliphatic carbocycles. The van der Waals surface area contributed by atoms with Crippen LogP contribution in [-0.2, 0) is 28.2 Å². The number of carbonyl (C=O) groups excluding carboxylic acids is 2. The van der Waals surface area contributed by atoms with Crippen LogP contribution in [0.15, 0.2) is 0 Å². The summed E-state index contributed by atoms with van der Waals surface area (Å²) in [4.78, 5) is 27.0. The first-order valence-corrected chi connectivity index (χ1v) is 16.0. The summed E-state index contributed by atoms with van der Waals surface area (Å²) in [5, 5.41) is 0.153. The van der Waals surface area contributed by atoms with Crippen molar-refractivity contribution >= 4 is 20.4 Å². The van der Waals surface area contributed by atoms with Gasteiger partial charge in [0.15, 0.2) is 14.1 Å². The minimum absolute atomic E-state index is 0.0946. The van der Waals surface area contributed by atoms with Gasteiger partial charge in [0.1, 0.15) is 5.60 Å². The Labute approximate surface area is 213 Å². The lowest BCUT2D eigenvalue weighted by molar-refractivity contribution is -0.207. The van der Waals surface area contributed by atoms with Crippen LogP contribution in [0.5, 0.6) is 0 Å². The first-order chi connectivity index (χ1) is 16.1. The number of hydrogen-bond acceptors (Lipinski definition) is 7. The summed E-state index contributed by atoms with van der Waals surface area (Å²) >= 11 is 0. The van der Waals surface area contributed by atoms with Crippen molar-refractivity contribution in [2.45, 2.75) is 128 Å². The standard InChI is InChI=1S/C26H49NO7Si/c1-24(2,3)34-23(29)27-20(12-10-14-22(28)30-7)18-26(31-16-17-32-26)19-21(27)13-11-15-33-35(8,9)25(4,5)6/h20-21H,10-19H2,1-9H3. The minimum Gasteiger partial charge on any atom is -0.469 e. The lowest BCUT2D eigenvalue weighted by atomic mass is 9.86. The van der Waals surface area contributed by atoms with Gasteiger partial charge in [-0.2, -0.15) is 0 Å². The zero-order valence-electron chi connectivity index (χ0n) is 23.5. The predicted octanol–water partition coefficient (Wildman–Crippen LogP) is 5.64. The molecular formula is C26H49NO7Si. The Morgan fingerprint density at radius 2 is 1.51 bits per heavy atom. The molecule has 0 bridgehead atoms. The van der Waals surface area contributed by atoms with Crippen molar-refractivity contribution < 1.29 is 33.0 Å². The van der Waals surface area contributed by atoms with Crippen molar-refractivity contribution in [2.24, 2.45) is 0 Å². The number of piperidine rings is 1. The van der Waals surface area contributed by atoms with Gasteiger partial charge in [-0.15, -0.1) is 0 Å². The lowest BCUT2D eigenvalue weighted by Gasteiger charge is -2.48. The second-order valence-electron chi connectivity index (χ2n) is 12.4. The number of likely N-dealkylation sites (tertiary alicyclic amines) is 1. The first kappa shape index (κ1) is 30.1. The molecule has 1 spiro atoms. The van der Waals surface area contributed by atoms with E-state index in [1.54, 1.807) is 0 Å². The molecule has 0 aromatic heterocycles. The third-order valence-electron chi connectivity index (χ3n) is 7.39. The number of methoxy groups -OCH3 is 1. The molecule has 2 rings (SSSR count). The number of carbonyl (C=O) groups is 2. The van der Waals surface area contributed by atoms with Crippen molar-refractivity contribution in [1.29, 1.82) is 0 Å². The maximum absolute atomic E-state index is 13.4. The van der Waals surface area contributed by atoms with Crippen LogP contribution in [-0.4, -0.2) is 75.7 Å². The number of rotatable bonds is 9. The van der Waals surface area contributed by atoms with E-state index >= 15 is 0 Å². The average molecular weight is 516 g/mol. The van der Waals surface area contributed by atoms with E-state index in [9.17, 15) is 9.59 Å². The number of esters is 1. The number of ether oxygens (including phenoxy) is 4. The molecule has 204 valence electrons. The van der Waals surface area contributed by atoms with Gasteiger partial charge in [0, 0.05) is 38.0 Å². The molecule has 0 saturated carbocycles. The maximum atomic E-state index is 13.4. The Hall–Kier alpha value is -1.16. The van der Waals surface area contributed by atoms with E-state index in [0.29, 0.717) is 51.9 Å². The molecule has 2 fully saturated rings. The summed E-state index contributed by atoms with van der Waals surface area (Å²) in [5.74, 6) is -0.925. The van der Waals surface area contributed by atoms with Crippen LogP contribution >= 0.6 is 0 Å². The molecule has 0 N–H and O–H groups in total. The van der Waals surface area contributed by atoms with Crippen molar-refractivity contribution in [3.8, 4) is 0 Å². The van der Waals surface area contributed by atoms with E-state index < -0.39 is 19.7 Å². The van der Waals surface area contributed by atoms with E-state index in [4.69, 9.17) is 23.4 Å². The molecule has 2 unspecified atom stereocenters. The van der Waals surface area contributed by atoms with Crippen molar-refractivity contribution in [3.63, 3.8) is 0 Å². The van der Waals surface area contributed by atoms with Gasteiger partial charge in [-0.05, 0) is 64.6 Å². The van der Waals surface area contributed by atoms with E-state index in [-0.39, 0.29) is 29.2 Å². The van der Waals surface area contributed by atoms with Gasteiger partial charge in [0.05, 0.1) is 20.3 Å². The highest BCUT2D eigenvalue weighted by Crippen LogP contribution is 2.42. The highest BCUT2D eigenvalue weighted by atomic mass is 28.4. The van der Waals surface area contributed by atoms with Crippen LogP contribution in [0, 0.1) is 0 Å². The second-order valence-corrected chi connectivity index (χ2v) is 17.2. The van der Waals surface area contributed by atoms with Crippen LogP contribution < -0.4 is 0 Å². The zero-order chi connectivity index (χ0) is 26.5. The molecule has 1 amide bonds. The van der Waals surface area contributed by atoms with Gasteiger partial charge in [-0.3, -0.25) is 4.79 Å². The third kappa shape index (κ3) is 8.72.